The SMILES string of the molecule is C=C(/C=C\C=C/C)[C@]12CC3(C(=O)N[C@H]4CC[C@@H](N)CC4)CCC1CC[C@@](CCCl)(C3)C2. The first-order valence-electron chi connectivity index (χ1n) is 12.5. The van der Waals surface area contributed by atoms with E-state index in [0.717, 1.165) is 64.2 Å². The molecule has 4 aliphatic rings. The largest absolute Gasteiger partial charge is 0.353 e. The van der Waals surface area contributed by atoms with E-state index in [4.69, 9.17) is 17.3 Å². The summed E-state index contributed by atoms with van der Waals surface area (Å²) < 4.78 is 0. The Labute approximate surface area is 193 Å². The summed E-state index contributed by atoms with van der Waals surface area (Å²) in [7, 11) is 0. The van der Waals surface area contributed by atoms with Gasteiger partial charge in [0.2, 0.25) is 5.91 Å². The predicted octanol–water partition coefficient (Wildman–Crippen LogP) is 6.04. The summed E-state index contributed by atoms with van der Waals surface area (Å²) in [4.78, 5) is 13.9. The first-order chi connectivity index (χ1) is 14.9. The van der Waals surface area contributed by atoms with Gasteiger partial charge in [0.25, 0.3) is 0 Å². The molecular formula is C27H41ClN2O. The average Bonchev–Trinajstić information content (AvgIpc) is 2.74. The summed E-state index contributed by atoms with van der Waals surface area (Å²) in [5.41, 5.74) is 7.29. The Morgan fingerprint density at radius 3 is 2.55 bits per heavy atom. The Hall–Kier alpha value is -1.06. The van der Waals surface area contributed by atoms with Gasteiger partial charge in [-0.3, -0.25) is 4.79 Å². The van der Waals surface area contributed by atoms with Crippen LogP contribution < -0.4 is 11.1 Å². The van der Waals surface area contributed by atoms with Crippen molar-refractivity contribution in [2.45, 2.75) is 96.1 Å². The summed E-state index contributed by atoms with van der Waals surface area (Å²) >= 11 is 6.34. The quantitative estimate of drug-likeness (QED) is 0.371. The van der Waals surface area contributed by atoms with Gasteiger partial charge in [0.05, 0.1) is 5.41 Å². The van der Waals surface area contributed by atoms with Crippen molar-refractivity contribution in [3.63, 3.8) is 0 Å². The van der Waals surface area contributed by atoms with Crippen LogP contribution in [0.5, 0.6) is 0 Å². The number of nitrogens with one attached hydrogen (secondary N) is 1. The van der Waals surface area contributed by atoms with Crippen molar-refractivity contribution in [2.75, 3.05) is 5.88 Å². The topological polar surface area (TPSA) is 55.1 Å². The maximum absolute atomic E-state index is 13.9. The van der Waals surface area contributed by atoms with Gasteiger partial charge in [-0.25, -0.2) is 0 Å². The van der Waals surface area contributed by atoms with Crippen molar-refractivity contribution in [3.8, 4) is 0 Å². The number of nitrogens with two attached hydrogens (primary N) is 1. The Balaban J connectivity index is 1.63. The lowest BCUT2D eigenvalue weighted by molar-refractivity contribution is -0.163. The first kappa shape index (κ1) is 23.1. The molecule has 3 N–H and O–H groups in total. The highest BCUT2D eigenvalue weighted by atomic mass is 35.5. The molecule has 4 saturated carbocycles. The standard InChI is InChI=1S/C27H41ClN2O/c1-3-4-5-6-20(2)27-18-25(15-16-28)13-11-21(27)12-14-26(17-25,19-27)24(31)30-23-9-7-22(29)8-10-23/h3-6,21-23H,2,7-19,29H2,1H3,(H,30,31)/b4-3-,6-5-/t21?,22-,23+,25-,26?,27+/m1/s1. The lowest BCUT2D eigenvalue weighted by Gasteiger charge is -2.65. The molecular weight excluding hydrogens is 404 g/mol. The van der Waals surface area contributed by atoms with Crippen LogP contribution in [0.4, 0.5) is 0 Å². The van der Waals surface area contributed by atoms with E-state index in [-0.39, 0.29) is 16.2 Å². The molecule has 0 aliphatic heterocycles. The summed E-state index contributed by atoms with van der Waals surface area (Å²) in [6.45, 7) is 6.63. The minimum atomic E-state index is -0.266. The van der Waals surface area contributed by atoms with E-state index in [2.05, 4.69) is 36.2 Å². The van der Waals surface area contributed by atoms with Gasteiger partial charge in [-0.05, 0) is 106 Å². The monoisotopic (exact) mass is 444 g/mol. The number of carbonyl (C=O) groups excluding carboxylic acids is 1. The predicted molar refractivity (Wildman–Crippen MR) is 130 cm³/mol. The molecule has 172 valence electrons. The average molecular weight is 445 g/mol. The van der Waals surface area contributed by atoms with Gasteiger partial charge in [-0.1, -0.05) is 30.9 Å². The van der Waals surface area contributed by atoms with Crippen LogP contribution >= 0.6 is 11.6 Å². The fourth-order valence-electron chi connectivity index (χ4n) is 7.76. The van der Waals surface area contributed by atoms with Gasteiger partial charge in [0.1, 0.15) is 0 Å². The fraction of sp³-hybridized carbons (Fsp3) is 0.741. The van der Waals surface area contributed by atoms with Gasteiger partial charge in [0, 0.05) is 18.0 Å². The number of alkyl halides is 1. The minimum absolute atomic E-state index is 0.0468. The molecule has 31 heavy (non-hydrogen) atoms. The fourth-order valence-corrected chi connectivity index (χ4v) is 8.17. The third kappa shape index (κ3) is 4.29. The van der Waals surface area contributed by atoms with E-state index in [1.807, 2.05) is 6.92 Å². The molecule has 0 spiro atoms. The summed E-state index contributed by atoms with van der Waals surface area (Å²) in [5.74, 6) is 1.63. The number of hydrogen-bond acceptors (Lipinski definition) is 2. The number of allylic oxidation sites excluding steroid dienone is 5. The van der Waals surface area contributed by atoms with Crippen LogP contribution in [-0.2, 0) is 4.79 Å². The van der Waals surface area contributed by atoms with Gasteiger partial charge in [0.15, 0.2) is 0 Å². The zero-order valence-electron chi connectivity index (χ0n) is 19.3. The number of amides is 1. The van der Waals surface area contributed by atoms with Crippen molar-refractivity contribution in [1.82, 2.24) is 5.32 Å². The molecule has 4 atom stereocenters. The first-order valence-corrected chi connectivity index (χ1v) is 13.0. The van der Waals surface area contributed by atoms with Crippen LogP contribution in [0.15, 0.2) is 36.5 Å². The van der Waals surface area contributed by atoms with Crippen LogP contribution in [0.2, 0.25) is 0 Å². The van der Waals surface area contributed by atoms with E-state index in [9.17, 15) is 4.79 Å². The number of hydrogen-bond donors (Lipinski definition) is 2. The molecule has 4 rings (SSSR count). The van der Waals surface area contributed by atoms with E-state index in [1.54, 1.807) is 0 Å². The molecule has 4 fully saturated rings. The molecule has 2 unspecified atom stereocenters. The highest BCUT2D eigenvalue weighted by molar-refractivity contribution is 6.17. The molecule has 0 aromatic heterocycles. The molecule has 3 bridgehead atoms. The summed E-state index contributed by atoms with van der Waals surface area (Å²) in [5, 5.41) is 3.50. The van der Waals surface area contributed by atoms with Crippen molar-refractivity contribution < 1.29 is 4.79 Å². The van der Waals surface area contributed by atoms with Gasteiger partial charge in [-0.15, -0.1) is 11.6 Å². The van der Waals surface area contributed by atoms with Crippen LogP contribution in [0.1, 0.15) is 84.0 Å². The van der Waals surface area contributed by atoms with Gasteiger partial charge in [-0.2, -0.15) is 0 Å². The number of carbonyl (C=O) groups is 1. The molecule has 0 saturated heterocycles. The Morgan fingerprint density at radius 1 is 1.10 bits per heavy atom. The van der Waals surface area contributed by atoms with Crippen LogP contribution in [0, 0.1) is 22.2 Å². The third-order valence-electron chi connectivity index (χ3n) is 9.29. The second-order valence-electron chi connectivity index (χ2n) is 11.2. The Kier molecular flexibility index (Phi) is 6.75. The van der Waals surface area contributed by atoms with E-state index in [1.165, 1.54) is 18.4 Å². The maximum atomic E-state index is 13.9. The maximum Gasteiger partial charge on any atom is 0.226 e. The van der Waals surface area contributed by atoms with Crippen molar-refractivity contribution >= 4 is 17.5 Å². The van der Waals surface area contributed by atoms with E-state index in [0.29, 0.717) is 29.8 Å². The molecule has 3 nitrogen and oxygen atoms in total. The smallest absolute Gasteiger partial charge is 0.226 e. The molecule has 4 heteroatoms. The number of fused-ring (bicyclic) bond motifs is 2. The number of halogens is 1. The van der Waals surface area contributed by atoms with Crippen molar-refractivity contribution in [3.05, 3.63) is 36.5 Å². The number of rotatable bonds is 7. The van der Waals surface area contributed by atoms with E-state index < -0.39 is 0 Å². The zero-order chi connectivity index (χ0) is 22.1. The third-order valence-corrected chi connectivity index (χ3v) is 9.48. The highest BCUT2D eigenvalue weighted by Gasteiger charge is 2.64. The van der Waals surface area contributed by atoms with Crippen LogP contribution in [0.3, 0.4) is 0 Å². The molecule has 0 radical (unpaired) electrons. The van der Waals surface area contributed by atoms with Gasteiger partial charge >= 0.3 is 0 Å². The lowest BCUT2D eigenvalue weighted by Crippen LogP contribution is -2.61. The highest BCUT2D eigenvalue weighted by Crippen LogP contribution is 2.71. The molecule has 4 aliphatic carbocycles. The van der Waals surface area contributed by atoms with Crippen molar-refractivity contribution in [2.24, 2.45) is 27.9 Å². The molecule has 0 aromatic carbocycles. The second-order valence-corrected chi connectivity index (χ2v) is 11.6. The van der Waals surface area contributed by atoms with Crippen LogP contribution in [-0.4, -0.2) is 23.9 Å². The second kappa shape index (κ2) is 9.06. The normalized spacial score (nSPS) is 42.2. The Morgan fingerprint density at radius 2 is 1.84 bits per heavy atom. The Bertz CT molecular complexity index is 752. The summed E-state index contributed by atoms with van der Waals surface area (Å²) in [6, 6.07) is 0.595. The minimum Gasteiger partial charge on any atom is -0.353 e. The van der Waals surface area contributed by atoms with E-state index >= 15 is 0 Å². The summed E-state index contributed by atoms with van der Waals surface area (Å²) in [6.07, 6.45) is 21.3. The van der Waals surface area contributed by atoms with Crippen molar-refractivity contribution in [1.29, 1.82) is 0 Å². The zero-order valence-corrected chi connectivity index (χ0v) is 20.1. The molecule has 0 heterocycles. The van der Waals surface area contributed by atoms with Gasteiger partial charge < -0.3 is 11.1 Å². The molecule has 0 aromatic rings. The molecule has 1 amide bonds. The van der Waals surface area contributed by atoms with Crippen LogP contribution in [0.25, 0.3) is 0 Å². The lowest BCUT2D eigenvalue weighted by atomic mass is 9.38.